The lowest BCUT2D eigenvalue weighted by Crippen LogP contribution is -2.32. The van der Waals surface area contributed by atoms with Crippen molar-refractivity contribution in [1.82, 2.24) is 24.9 Å². The fourth-order valence-corrected chi connectivity index (χ4v) is 2.99. The van der Waals surface area contributed by atoms with Crippen LogP contribution in [0.1, 0.15) is 21.7 Å². The van der Waals surface area contributed by atoms with Gasteiger partial charge in [0.25, 0.3) is 11.5 Å². The molecule has 0 atom stereocenters. The van der Waals surface area contributed by atoms with E-state index in [9.17, 15) is 9.59 Å². The fourth-order valence-electron chi connectivity index (χ4n) is 2.61. The van der Waals surface area contributed by atoms with Crippen molar-refractivity contribution in [3.05, 3.63) is 73.7 Å². The maximum atomic E-state index is 12.3. The highest BCUT2D eigenvalue weighted by molar-refractivity contribution is 6.35. The van der Waals surface area contributed by atoms with Crippen molar-refractivity contribution >= 4 is 29.1 Å². The molecule has 0 unspecified atom stereocenters. The fraction of sp³-hybridized carbons (Fsp3) is 0.222. The molecule has 9 heteroatoms. The summed E-state index contributed by atoms with van der Waals surface area (Å²) in [7, 11) is 0. The van der Waals surface area contributed by atoms with E-state index in [0.29, 0.717) is 15.9 Å². The zero-order valence-corrected chi connectivity index (χ0v) is 16.3. The number of nitrogens with one attached hydrogen (secondary N) is 1. The number of hydrogen-bond acceptors (Lipinski definition) is 4. The summed E-state index contributed by atoms with van der Waals surface area (Å²) in [6.07, 6.45) is 0. The van der Waals surface area contributed by atoms with Gasteiger partial charge in [-0.1, -0.05) is 23.2 Å². The number of aromatic nitrogens is 4. The number of aryl methyl sites for hydroxylation is 2. The van der Waals surface area contributed by atoms with Gasteiger partial charge < -0.3 is 5.32 Å². The van der Waals surface area contributed by atoms with Crippen LogP contribution in [0.2, 0.25) is 10.0 Å². The number of carbonyl (C=O) groups excluding carboxylic acids is 1. The first-order valence-electron chi connectivity index (χ1n) is 8.20. The molecule has 0 radical (unpaired) electrons. The molecule has 0 saturated carbocycles. The second kappa shape index (κ2) is 7.94. The maximum absolute atomic E-state index is 12.3. The predicted molar refractivity (Wildman–Crippen MR) is 104 cm³/mol. The molecule has 27 heavy (non-hydrogen) atoms. The van der Waals surface area contributed by atoms with E-state index < -0.39 is 0 Å². The summed E-state index contributed by atoms with van der Waals surface area (Å²) in [5, 5.41) is 12.1. The minimum atomic E-state index is -0.370. The molecule has 3 rings (SSSR count). The molecule has 7 nitrogen and oxygen atoms in total. The number of halogens is 2. The number of carbonyl (C=O) groups is 1. The van der Waals surface area contributed by atoms with Crippen molar-refractivity contribution in [3.8, 4) is 5.82 Å². The SMILES string of the molecule is Cc1cc(C)n(-c2ccc(=O)n(CCNC(=O)c3cc(Cl)ccc3Cl)n2)n1. The van der Waals surface area contributed by atoms with Gasteiger partial charge in [0.15, 0.2) is 5.82 Å². The summed E-state index contributed by atoms with van der Waals surface area (Å²) in [5.74, 6) is 0.162. The van der Waals surface area contributed by atoms with Gasteiger partial charge in [0.1, 0.15) is 0 Å². The highest BCUT2D eigenvalue weighted by Crippen LogP contribution is 2.20. The van der Waals surface area contributed by atoms with Crippen LogP contribution in [0.25, 0.3) is 5.82 Å². The Labute approximate surface area is 165 Å². The van der Waals surface area contributed by atoms with Gasteiger partial charge in [0, 0.05) is 23.3 Å². The van der Waals surface area contributed by atoms with Crippen LogP contribution in [0, 0.1) is 13.8 Å². The number of amides is 1. The van der Waals surface area contributed by atoms with Crippen molar-refractivity contribution < 1.29 is 4.79 Å². The molecule has 0 aliphatic carbocycles. The first kappa shape index (κ1) is 19.1. The average molecular weight is 406 g/mol. The Morgan fingerprint density at radius 2 is 1.89 bits per heavy atom. The Hall–Kier alpha value is -2.64. The lowest BCUT2D eigenvalue weighted by atomic mass is 10.2. The zero-order valence-electron chi connectivity index (χ0n) is 14.7. The highest BCUT2D eigenvalue weighted by atomic mass is 35.5. The van der Waals surface area contributed by atoms with Gasteiger partial charge in [-0.3, -0.25) is 9.59 Å². The predicted octanol–water partition coefficient (Wildman–Crippen LogP) is 2.78. The topological polar surface area (TPSA) is 81.8 Å². The number of benzene rings is 1. The smallest absolute Gasteiger partial charge is 0.266 e. The summed E-state index contributed by atoms with van der Waals surface area (Å²) in [5.41, 5.74) is 1.78. The van der Waals surface area contributed by atoms with Crippen molar-refractivity contribution in [2.24, 2.45) is 0 Å². The Balaban J connectivity index is 1.72. The van der Waals surface area contributed by atoms with E-state index in [0.717, 1.165) is 11.4 Å². The third-order valence-corrected chi connectivity index (χ3v) is 4.43. The third-order valence-electron chi connectivity index (χ3n) is 3.86. The van der Waals surface area contributed by atoms with Gasteiger partial charge in [0.2, 0.25) is 0 Å². The molecule has 0 bridgehead atoms. The Bertz CT molecular complexity index is 1060. The minimum absolute atomic E-state index is 0.204. The summed E-state index contributed by atoms with van der Waals surface area (Å²) in [6, 6.07) is 9.62. The van der Waals surface area contributed by atoms with Crippen molar-refractivity contribution in [2.75, 3.05) is 6.54 Å². The van der Waals surface area contributed by atoms with Gasteiger partial charge >= 0.3 is 0 Å². The number of hydrogen-bond donors (Lipinski definition) is 1. The van der Waals surface area contributed by atoms with E-state index in [-0.39, 0.29) is 30.1 Å². The summed E-state index contributed by atoms with van der Waals surface area (Å²) in [4.78, 5) is 24.3. The molecule has 0 aliphatic heterocycles. The molecule has 1 N–H and O–H groups in total. The van der Waals surface area contributed by atoms with E-state index in [4.69, 9.17) is 23.2 Å². The Kier molecular flexibility index (Phi) is 5.62. The van der Waals surface area contributed by atoms with Crippen LogP contribution >= 0.6 is 23.2 Å². The van der Waals surface area contributed by atoms with E-state index in [1.54, 1.807) is 22.9 Å². The van der Waals surface area contributed by atoms with Gasteiger partial charge in [-0.25, -0.2) is 9.36 Å². The largest absolute Gasteiger partial charge is 0.350 e. The van der Waals surface area contributed by atoms with E-state index >= 15 is 0 Å². The van der Waals surface area contributed by atoms with Crippen molar-refractivity contribution in [1.29, 1.82) is 0 Å². The number of rotatable bonds is 5. The molecule has 0 saturated heterocycles. The second-order valence-electron chi connectivity index (χ2n) is 5.97. The van der Waals surface area contributed by atoms with Crippen LogP contribution in [0.5, 0.6) is 0 Å². The second-order valence-corrected chi connectivity index (χ2v) is 6.82. The minimum Gasteiger partial charge on any atom is -0.350 e. The van der Waals surface area contributed by atoms with Gasteiger partial charge in [0.05, 0.1) is 22.8 Å². The normalized spacial score (nSPS) is 10.8. The lowest BCUT2D eigenvalue weighted by molar-refractivity contribution is 0.0952. The standard InChI is InChI=1S/C18H17Cl2N5O2/c1-11-9-12(2)25(22-11)16-5-6-17(26)24(23-16)8-7-21-18(27)14-10-13(19)3-4-15(14)20/h3-6,9-10H,7-8H2,1-2H3,(H,21,27). The lowest BCUT2D eigenvalue weighted by Gasteiger charge is -2.10. The van der Waals surface area contributed by atoms with Gasteiger partial charge in [-0.15, -0.1) is 5.10 Å². The van der Waals surface area contributed by atoms with Crippen LogP contribution < -0.4 is 10.9 Å². The molecule has 1 amide bonds. The highest BCUT2D eigenvalue weighted by Gasteiger charge is 2.11. The summed E-state index contributed by atoms with van der Waals surface area (Å²) < 4.78 is 2.95. The van der Waals surface area contributed by atoms with E-state index in [1.165, 1.54) is 16.8 Å². The Morgan fingerprint density at radius 3 is 2.59 bits per heavy atom. The molecule has 0 fully saturated rings. The van der Waals surface area contributed by atoms with Crippen LogP contribution in [0.3, 0.4) is 0 Å². The summed E-state index contributed by atoms with van der Waals surface area (Å²) >= 11 is 11.9. The van der Waals surface area contributed by atoms with Crippen LogP contribution in [-0.4, -0.2) is 32.0 Å². The van der Waals surface area contributed by atoms with Gasteiger partial charge in [-0.05, 0) is 44.2 Å². The molecule has 2 heterocycles. The van der Waals surface area contributed by atoms with Crippen molar-refractivity contribution in [2.45, 2.75) is 20.4 Å². The summed E-state index contributed by atoms with van der Waals surface area (Å²) in [6.45, 7) is 4.20. The molecule has 0 spiro atoms. The first-order chi connectivity index (χ1) is 12.8. The van der Waals surface area contributed by atoms with Crippen molar-refractivity contribution in [3.63, 3.8) is 0 Å². The first-order valence-corrected chi connectivity index (χ1v) is 8.96. The molecule has 140 valence electrons. The Morgan fingerprint density at radius 1 is 1.11 bits per heavy atom. The molecular weight excluding hydrogens is 389 g/mol. The molecule has 1 aromatic carbocycles. The molecular formula is C18H17Cl2N5O2. The van der Waals surface area contributed by atoms with Crippen LogP contribution in [0.4, 0.5) is 0 Å². The zero-order chi connectivity index (χ0) is 19.6. The van der Waals surface area contributed by atoms with E-state index in [1.807, 2.05) is 19.9 Å². The molecule has 3 aromatic rings. The average Bonchev–Trinajstić information content (AvgIpc) is 2.96. The van der Waals surface area contributed by atoms with Gasteiger partial charge in [-0.2, -0.15) is 5.10 Å². The quantitative estimate of drug-likeness (QED) is 0.707. The van der Waals surface area contributed by atoms with Crippen LogP contribution in [-0.2, 0) is 6.54 Å². The molecule has 0 aliphatic rings. The van der Waals surface area contributed by atoms with Crippen LogP contribution in [0.15, 0.2) is 41.2 Å². The maximum Gasteiger partial charge on any atom is 0.266 e. The monoisotopic (exact) mass is 405 g/mol. The number of nitrogens with zero attached hydrogens (tertiary/aromatic N) is 4. The molecule has 2 aromatic heterocycles. The van der Waals surface area contributed by atoms with E-state index in [2.05, 4.69) is 15.5 Å². The third kappa shape index (κ3) is 4.37.